The Morgan fingerprint density at radius 3 is 2.67 bits per heavy atom. The first kappa shape index (κ1) is 9.11. The normalized spacial score (nSPS) is 11.8. The molecule has 0 N–H and O–H groups in total. The molecule has 2 heteroatoms. The summed E-state index contributed by atoms with van der Waals surface area (Å²) in [4.78, 5) is 3.98. The van der Waals surface area contributed by atoms with E-state index >= 15 is 0 Å². The van der Waals surface area contributed by atoms with Crippen molar-refractivity contribution < 1.29 is 0 Å². The molecule has 0 radical (unpaired) electrons. The SMILES string of the molecule is C[C@@H](Cc1ccccc1)N=C=S. The van der Waals surface area contributed by atoms with Crippen LogP contribution < -0.4 is 0 Å². The molecular weight excluding hydrogens is 166 g/mol. The first-order valence-corrected chi connectivity index (χ1v) is 4.34. The largest absolute Gasteiger partial charge is 0.229 e. The third-order valence-electron chi connectivity index (χ3n) is 1.65. The molecule has 1 aromatic carbocycles. The highest BCUT2D eigenvalue weighted by molar-refractivity contribution is 7.78. The molecule has 0 aliphatic rings. The average Bonchev–Trinajstić information content (AvgIpc) is 2.06. The van der Waals surface area contributed by atoms with E-state index < -0.39 is 0 Å². The number of benzene rings is 1. The highest BCUT2D eigenvalue weighted by atomic mass is 32.1. The summed E-state index contributed by atoms with van der Waals surface area (Å²) in [5.74, 6) is 0. The van der Waals surface area contributed by atoms with E-state index in [4.69, 9.17) is 0 Å². The quantitative estimate of drug-likeness (QED) is 0.511. The second-order valence-corrected chi connectivity index (χ2v) is 2.94. The Bertz CT molecular complexity index is 275. The number of hydrogen-bond donors (Lipinski definition) is 0. The lowest BCUT2D eigenvalue weighted by Crippen LogP contribution is -2.01. The van der Waals surface area contributed by atoms with Gasteiger partial charge in [0.25, 0.3) is 0 Å². The Morgan fingerprint density at radius 2 is 2.08 bits per heavy atom. The van der Waals surface area contributed by atoms with E-state index in [2.05, 4.69) is 34.5 Å². The van der Waals surface area contributed by atoms with Crippen molar-refractivity contribution in [2.75, 3.05) is 0 Å². The van der Waals surface area contributed by atoms with Crippen molar-refractivity contribution in [1.29, 1.82) is 0 Å². The fourth-order valence-electron chi connectivity index (χ4n) is 1.09. The van der Waals surface area contributed by atoms with E-state index in [1.165, 1.54) is 5.56 Å². The summed E-state index contributed by atoms with van der Waals surface area (Å²) in [7, 11) is 0. The van der Waals surface area contributed by atoms with E-state index in [9.17, 15) is 0 Å². The molecule has 0 amide bonds. The number of aliphatic imine (C=N–C) groups is 1. The minimum absolute atomic E-state index is 0.241. The zero-order chi connectivity index (χ0) is 8.81. The lowest BCUT2D eigenvalue weighted by atomic mass is 10.1. The molecular formula is C10H11NS. The van der Waals surface area contributed by atoms with Gasteiger partial charge in [0, 0.05) is 0 Å². The van der Waals surface area contributed by atoms with E-state index in [1.54, 1.807) is 0 Å². The highest BCUT2D eigenvalue weighted by Crippen LogP contribution is 2.04. The van der Waals surface area contributed by atoms with Crippen LogP contribution in [0.15, 0.2) is 35.3 Å². The standard InChI is InChI=1S/C10H11NS/c1-9(11-8-12)7-10-5-3-2-4-6-10/h2-6,9H,7H2,1H3/t9-/m0/s1. The van der Waals surface area contributed by atoms with Crippen LogP contribution in [0.3, 0.4) is 0 Å². The fourth-order valence-corrected chi connectivity index (χ4v) is 1.27. The Morgan fingerprint density at radius 1 is 1.42 bits per heavy atom. The molecule has 1 nitrogen and oxygen atoms in total. The van der Waals surface area contributed by atoms with Gasteiger partial charge in [0.1, 0.15) is 0 Å². The van der Waals surface area contributed by atoms with Gasteiger partial charge < -0.3 is 0 Å². The third-order valence-corrected chi connectivity index (χ3v) is 1.75. The summed E-state index contributed by atoms with van der Waals surface area (Å²) < 4.78 is 0. The lowest BCUT2D eigenvalue weighted by molar-refractivity contribution is 0.746. The van der Waals surface area contributed by atoms with Gasteiger partial charge in [-0.3, -0.25) is 0 Å². The van der Waals surface area contributed by atoms with Crippen LogP contribution in [0.5, 0.6) is 0 Å². The zero-order valence-electron chi connectivity index (χ0n) is 7.03. The summed E-state index contributed by atoms with van der Waals surface area (Å²) >= 11 is 4.53. The molecule has 0 fully saturated rings. The molecule has 0 bridgehead atoms. The van der Waals surface area contributed by atoms with Crippen LogP contribution >= 0.6 is 12.2 Å². The molecule has 62 valence electrons. The van der Waals surface area contributed by atoms with E-state index in [0.29, 0.717) is 0 Å². The molecule has 0 spiro atoms. The maximum absolute atomic E-state index is 4.53. The third kappa shape index (κ3) is 2.95. The summed E-state index contributed by atoms with van der Waals surface area (Å²) in [5, 5.41) is 2.40. The van der Waals surface area contributed by atoms with Gasteiger partial charge in [-0.15, -0.1) is 0 Å². The Labute approximate surface area is 78.1 Å². The van der Waals surface area contributed by atoms with Crippen molar-refractivity contribution in [1.82, 2.24) is 0 Å². The predicted molar refractivity (Wildman–Crippen MR) is 54.6 cm³/mol. The van der Waals surface area contributed by atoms with Crippen LogP contribution in [0, 0.1) is 0 Å². The highest BCUT2D eigenvalue weighted by Gasteiger charge is 1.98. The minimum Gasteiger partial charge on any atom is -0.229 e. The smallest absolute Gasteiger partial charge is 0.0614 e. The van der Waals surface area contributed by atoms with Crippen LogP contribution in [0.4, 0.5) is 0 Å². The molecule has 0 saturated carbocycles. The maximum atomic E-state index is 4.53. The summed E-state index contributed by atoms with van der Waals surface area (Å²) in [6, 6.07) is 10.5. The minimum atomic E-state index is 0.241. The van der Waals surface area contributed by atoms with Gasteiger partial charge in [-0.05, 0) is 31.1 Å². The predicted octanol–water partition coefficient (Wildman–Crippen LogP) is 2.72. The van der Waals surface area contributed by atoms with Gasteiger partial charge in [0.2, 0.25) is 0 Å². The number of hydrogen-bond acceptors (Lipinski definition) is 2. The summed E-state index contributed by atoms with van der Waals surface area (Å²) in [6.07, 6.45) is 0.935. The van der Waals surface area contributed by atoms with Crippen LogP contribution in [-0.4, -0.2) is 11.2 Å². The van der Waals surface area contributed by atoms with Crippen molar-refractivity contribution >= 4 is 17.4 Å². The van der Waals surface area contributed by atoms with Crippen molar-refractivity contribution in [2.24, 2.45) is 4.99 Å². The van der Waals surface area contributed by atoms with Gasteiger partial charge in [-0.2, -0.15) is 0 Å². The molecule has 12 heavy (non-hydrogen) atoms. The van der Waals surface area contributed by atoms with Crippen LogP contribution in [0.1, 0.15) is 12.5 Å². The number of rotatable bonds is 3. The van der Waals surface area contributed by atoms with E-state index in [-0.39, 0.29) is 6.04 Å². The Hall–Kier alpha value is -0.980. The van der Waals surface area contributed by atoms with E-state index in [1.807, 2.05) is 25.1 Å². The Balaban J connectivity index is 2.58. The van der Waals surface area contributed by atoms with Gasteiger partial charge in [-0.1, -0.05) is 30.3 Å². The maximum Gasteiger partial charge on any atom is 0.0614 e. The monoisotopic (exact) mass is 177 g/mol. The average molecular weight is 177 g/mol. The number of nitrogens with zero attached hydrogens (tertiary/aromatic N) is 1. The second kappa shape index (κ2) is 4.81. The van der Waals surface area contributed by atoms with Gasteiger partial charge in [0.15, 0.2) is 0 Å². The number of isothiocyanates is 1. The molecule has 0 aliphatic carbocycles. The van der Waals surface area contributed by atoms with Gasteiger partial charge in [-0.25, -0.2) is 4.99 Å². The van der Waals surface area contributed by atoms with Crippen LogP contribution in [0.2, 0.25) is 0 Å². The topological polar surface area (TPSA) is 12.4 Å². The molecule has 0 unspecified atom stereocenters. The summed E-state index contributed by atoms with van der Waals surface area (Å²) in [6.45, 7) is 2.03. The molecule has 0 aromatic heterocycles. The molecule has 0 saturated heterocycles. The van der Waals surface area contributed by atoms with E-state index in [0.717, 1.165) is 6.42 Å². The zero-order valence-corrected chi connectivity index (χ0v) is 7.84. The fraction of sp³-hybridized carbons (Fsp3) is 0.300. The van der Waals surface area contributed by atoms with Gasteiger partial charge >= 0.3 is 0 Å². The second-order valence-electron chi connectivity index (χ2n) is 2.76. The Kier molecular flexibility index (Phi) is 3.65. The van der Waals surface area contributed by atoms with Crippen molar-refractivity contribution in [2.45, 2.75) is 19.4 Å². The summed E-state index contributed by atoms with van der Waals surface area (Å²) in [5.41, 5.74) is 1.29. The lowest BCUT2D eigenvalue weighted by Gasteiger charge is -2.02. The molecule has 1 aromatic rings. The molecule has 1 rings (SSSR count). The molecule has 0 heterocycles. The molecule has 1 atom stereocenters. The van der Waals surface area contributed by atoms with Crippen molar-refractivity contribution in [3.05, 3.63) is 35.9 Å². The van der Waals surface area contributed by atoms with Crippen LogP contribution in [-0.2, 0) is 6.42 Å². The number of thiocarbonyl (C=S) groups is 1. The van der Waals surface area contributed by atoms with Crippen molar-refractivity contribution in [3.8, 4) is 0 Å². The first-order chi connectivity index (χ1) is 5.83. The van der Waals surface area contributed by atoms with Crippen molar-refractivity contribution in [3.63, 3.8) is 0 Å². The molecule has 0 aliphatic heterocycles. The van der Waals surface area contributed by atoms with Crippen LogP contribution in [0.25, 0.3) is 0 Å². The first-order valence-electron chi connectivity index (χ1n) is 3.94. The van der Waals surface area contributed by atoms with Gasteiger partial charge in [0.05, 0.1) is 11.2 Å².